The minimum Gasteiger partial charge on any atom is -0.369 e. The smallest absolute Gasteiger partial charge is 0.0986 e. The fourth-order valence-corrected chi connectivity index (χ4v) is 3.39. The van der Waals surface area contributed by atoms with E-state index >= 15 is 0 Å². The lowest BCUT2D eigenvalue weighted by Crippen LogP contribution is -2.40. The molecule has 0 saturated carbocycles. The van der Waals surface area contributed by atoms with Gasteiger partial charge in [-0.15, -0.1) is 0 Å². The topological polar surface area (TPSA) is 47.5 Å². The number of rotatable bonds is 6. The summed E-state index contributed by atoms with van der Waals surface area (Å²) < 4.78 is 5.27. The van der Waals surface area contributed by atoms with Crippen molar-refractivity contribution < 1.29 is 4.74 Å². The maximum Gasteiger partial charge on any atom is 0.0986 e. The van der Waals surface area contributed by atoms with E-state index in [1.165, 1.54) is 11.7 Å². The quantitative estimate of drug-likeness (QED) is 0.627. The van der Waals surface area contributed by atoms with Gasteiger partial charge in [-0.3, -0.25) is 4.90 Å². The summed E-state index contributed by atoms with van der Waals surface area (Å²) in [7, 11) is 0.701. The monoisotopic (exact) mass is 254 g/mol. The number of hydrogen-bond donors (Lipinski definition) is 1. The molecule has 0 amide bonds. The Morgan fingerprint density at radius 2 is 1.71 bits per heavy atom. The van der Waals surface area contributed by atoms with Crippen LogP contribution < -0.4 is 6.15 Å². The predicted octanol–water partition coefficient (Wildman–Crippen LogP) is 3.13. The molecule has 0 heterocycles. The minimum absolute atomic E-state index is 0. The third-order valence-corrected chi connectivity index (χ3v) is 3.65. The number of nitrogens with zero attached hydrogens (tertiary/aromatic N) is 1. The van der Waals surface area contributed by atoms with E-state index in [1.54, 1.807) is 7.11 Å². The zero-order valence-electron chi connectivity index (χ0n) is 11.6. The van der Waals surface area contributed by atoms with Crippen LogP contribution in [0.15, 0.2) is 30.3 Å². The first-order chi connectivity index (χ1) is 7.51. The standard InChI is InChI=1S/C13H23NOSi.H3N/c1-15-11-14(12-16(2,3)4)10-13-8-6-5-7-9-13;/h5-9H,10-12H2,1-4H3;1H3. The maximum atomic E-state index is 5.27. The Bertz CT molecular complexity index is 298. The van der Waals surface area contributed by atoms with E-state index in [-0.39, 0.29) is 6.15 Å². The van der Waals surface area contributed by atoms with Gasteiger partial charge in [-0.25, -0.2) is 0 Å². The average Bonchev–Trinajstić information content (AvgIpc) is 2.17. The Morgan fingerprint density at radius 3 is 2.18 bits per heavy atom. The molecular weight excluding hydrogens is 228 g/mol. The molecule has 1 aromatic carbocycles. The summed E-state index contributed by atoms with van der Waals surface area (Å²) in [6.07, 6.45) is 1.18. The van der Waals surface area contributed by atoms with Crippen LogP contribution in [0.5, 0.6) is 0 Å². The van der Waals surface area contributed by atoms with Crippen molar-refractivity contribution in [3.05, 3.63) is 35.9 Å². The predicted molar refractivity (Wildman–Crippen MR) is 77.1 cm³/mol. The molecule has 4 heteroatoms. The van der Waals surface area contributed by atoms with Gasteiger partial charge in [-0.2, -0.15) is 0 Å². The van der Waals surface area contributed by atoms with Crippen LogP contribution in [0.4, 0.5) is 0 Å². The normalized spacial score (nSPS) is 11.4. The summed E-state index contributed by atoms with van der Waals surface area (Å²) in [5.41, 5.74) is 1.36. The van der Waals surface area contributed by atoms with Gasteiger partial charge in [-0.05, 0) is 11.7 Å². The summed E-state index contributed by atoms with van der Waals surface area (Å²) in [4.78, 5) is 2.39. The van der Waals surface area contributed by atoms with Crippen LogP contribution >= 0.6 is 0 Å². The molecule has 0 aliphatic rings. The van der Waals surface area contributed by atoms with Gasteiger partial charge in [0.2, 0.25) is 0 Å². The van der Waals surface area contributed by atoms with E-state index in [4.69, 9.17) is 4.74 Å². The second kappa shape index (κ2) is 7.61. The highest BCUT2D eigenvalue weighted by atomic mass is 28.3. The molecule has 1 aromatic rings. The molecular formula is C13H26N2OSi. The molecule has 0 unspecified atom stereocenters. The van der Waals surface area contributed by atoms with E-state index in [0.717, 1.165) is 13.3 Å². The number of hydrogen-bond acceptors (Lipinski definition) is 3. The van der Waals surface area contributed by atoms with E-state index in [9.17, 15) is 0 Å². The number of methoxy groups -OCH3 is 1. The zero-order valence-corrected chi connectivity index (χ0v) is 12.6. The lowest BCUT2D eigenvalue weighted by atomic mass is 10.2. The SMILES string of the molecule is COCN(Cc1ccccc1)C[Si](C)(C)C.N. The highest BCUT2D eigenvalue weighted by Gasteiger charge is 2.18. The largest absolute Gasteiger partial charge is 0.369 e. The third-order valence-electron chi connectivity index (χ3n) is 2.26. The van der Waals surface area contributed by atoms with Crippen molar-refractivity contribution in [2.24, 2.45) is 0 Å². The molecule has 3 N–H and O–H groups in total. The van der Waals surface area contributed by atoms with Gasteiger partial charge in [-0.1, -0.05) is 50.0 Å². The zero-order chi connectivity index (χ0) is 12.0. The highest BCUT2D eigenvalue weighted by molar-refractivity contribution is 6.76. The Balaban J connectivity index is 0.00000256. The van der Waals surface area contributed by atoms with Crippen molar-refractivity contribution in [1.29, 1.82) is 0 Å². The van der Waals surface area contributed by atoms with Crippen LogP contribution in [0.25, 0.3) is 0 Å². The van der Waals surface area contributed by atoms with Crippen molar-refractivity contribution in [2.75, 3.05) is 20.0 Å². The number of benzene rings is 1. The average molecular weight is 254 g/mol. The van der Waals surface area contributed by atoms with Crippen LogP contribution in [0.1, 0.15) is 5.56 Å². The molecule has 0 aliphatic carbocycles. The van der Waals surface area contributed by atoms with Crippen molar-refractivity contribution >= 4 is 8.07 Å². The molecule has 0 spiro atoms. The first-order valence-electron chi connectivity index (χ1n) is 5.76. The molecule has 0 saturated heterocycles. The van der Waals surface area contributed by atoms with Gasteiger partial charge in [0, 0.05) is 13.7 Å². The molecule has 0 radical (unpaired) electrons. The summed E-state index contributed by atoms with van der Waals surface area (Å²) in [5, 5.41) is 0. The van der Waals surface area contributed by atoms with Gasteiger partial charge < -0.3 is 10.9 Å². The first-order valence-corrected chi connectivity index (χ1v) is 9.47. The lowest BCUT2D eigenvalue weighted by Gasteiger charge is -2.28. The summed E-state index contributed by atoms with van der Waals surface area (Å²) >= 11 is 0. The van der Waals surface area contributed by atoms with Crippen molar-refractivity contribution in [3.63, 3.8) is 0 Å². The number of ether oxygens (including phenoxy) is 1. The van der Waals surface area contributed by atoms with Crippen LogP contribution in [-0.4, -0.2) is 33.0 Å². The highest BCUT2D eigenvalue weighted by Crippen LogP contribution is 2.09. The lowest BCUT2D eigenvalue weighted by molar-refractivity contribution is 0.0697. The maximum absolute atomic E-state index is 5.27. The van der Waals surface area contributed by atoms with Crippen LogP contribution in [-0.2, 0) is 11.3 Å². The fourth-order valence-electron chi connectivity index (χ4n) is 1.84. The van der Waals surface area contributed by atoms with Gasteiger partial charge in [0.1, 0.15) is 0 Å². The molecule has 0 atom stereocenters. The summed E-state index contributed by atoms with van der Waals surface area (Å²) in [6, 6.07) is 10.6. The molecule has 3 nitrogen and oxygen atoms in total. The molecule has 0 fully saturated rings. The van der Waals surface area contributed by atoms with Crippen LogP contribution in [0, 0.1) is 0 Å². The van der Waals surface area contributed by atoms with E-state index < -0.39 is 8.07 Å². The van der Waals surface area contributed by atoms with Crippen LogP contribution in [0.3, 0.4) is 0 Å². The van der Waals surface area contributed by atoms with Crippen molar-refractivity contribution in [2.45, 2.75) is 26.2 Å². The Kier molecular flexibility index (Phi) is 7.30. The summed E-state index contributed by atoms with van der Waals surface area (Å²) in [6.45, 7) is 8.88. The molecule has 0 aliphatic heterocycles. The molecule has 17 heavy (non-hydrogen) atoms. The van der Waals surface area contributed by atoms with E-state index in [1.807, 2.05) is 0 Å². The van der Waals surface area contributed by atoms with Gasteiger partial charge in [0.15, 0.2) is 0 Å². The first kappa shape index (κ1) is 16.3. The van der Waals surface area contributed by atoms with Crippen molar-refractivity contribution in [1.82, 2.24) is 11.1 Å². The fraction of sp³-hybridized carbons (Fsp3) is 0.538. The summed E-state index contributed by atoms with van der Waals surface area (Å²) in [5.74, 6) is 0. The van der Waals surface area contributed by atoms with E-state index in [0.29, 0.717) is 0 Å². The Hall–Kier alpha value is -0.683. The molecule has 0 aromatic heterocycles. The minimum atomic E-state index is -1.07. The van der Waals surface area contributed by atoms with Crippen LogP contribution in [0.2, 0.25) is 19.6 Å². The van der Waals surface area contributed by atoms with E-state index in [2.05, 4.69) is 54.9 Å². The Labute approximate surface area is 106 Å². The van der Waals surface area contributed by atoms with Gasteiger partial charge in [0.05, 0.1) is 14.8 Å². The third kappa shape index (κ3) is 7.28. The second-order valence-corrected chi connectivity index (χ2v) is 10.9. The molecule has 98 valence electrons. The Morgan fingerprint density at radius 1 is 1.12 bits per heavy atom. The van der Waals surface area contributed by atoms with Gasteiger partial charge in [0.25, 0.3) is 0 Å². The van der Waals surface area contributed by atoms with Gasteiger partial charge >= 0.3 is 0 Å². The van der Waals surface area contributed by atoms with Crippen molar-refractivity contribution in [3.8, 4) is 0 Å². The second-order valence-electron chi connectivity index (χ2n) is 5.45. The molecule has 1 rings (SSSR count). The molecule has 0 bridgehead atoms.